The van der Waals surface area contributed by atoms with E-state index in [2.05, 4.69) is 5.32 Å². The highest BCUT2D eigenvalue weighted by molar-refractivity contribution is 5.73. The van der Waals surface area contributed by atoms with Gasteiger partial charge in [-0.1, -0.05) is 48.5 Å². The maximum absolute atomic E-state index is 11.5. The van der Waals surface area contributed by atoms with E-state index in [9.17, 15) is 4.79 Å². The molecule has 0 aliphatic heterocycles. The maximum Gasteiger partial charge on any atom is 0.217 e. The van der Waals surface area contributed by atoms with Crippen LogP contribution in [0.5, 0.6) is 5.75 Å². The molecule has 0 saturated carbocycles. The Labute approximate surface area is 142 Å². The summed E-state index contributed by atoms with van der Waals surface area (Å²) in [5.74, 6) is 0.597. The topological polar surface area (TPSA) is 56.8 Å². The zero-order chi connectivity index (χ0) is 17.2. The van der Waals surface area contributed by atoms with Crippen LogP contribution in [0, 0.1) is 0 Å². The third kappa shape index (κ3) is 5.68. The number of hydrogen-bond donors (Lipinski definition) is 1. The summed E-state index contributed by atoms with van der Waals surface area (Å²) in [6.07, 6.45) is 0. The molecule has 0 saturated heterocycles. The molecule has 5 heteroatoms. The second-order valence-corrected chi connectivity index (χ2v) is 5.34. The molecular formula is C19H23NO4. The van der Waals surface area contributed by atoms with Crippen LogP contribution in [-0.2, 0) is 20.9 Å². The van der Waals surface area contributed by atoms with E-state index in [1.54, 1.807) is 7.11 Å². The monoisotopic (exact) mass is 329 g/mol. The van der Waals surface area contributed by atoms with Crippen LogP contribution in [0.1, 0.15) is 24.1 Å². The summed E-state index contributed by atoms with van der Waals surface area (Å²) in [5, 5.41) is 2.89. The Hall–Kier alpha value is -2.37. The van der Waals surface area contributed by atoms with Crippen LogP contribution in [0.3, 0.4) is 0 Å². The third-order valence-electron chi connectivity index (χ3n) is 3.39. The van der Waals surface area contributed by atoms with Crippen molar-refractivity contribution in [1.82, 2.24) is 5.32 Å². The van der Waals surface area contributed by atoms with E-state index in [0.717, 1.165) is 16.9 Å². The van der Waals surface area contributed by atoms with Crippen LogP contribution >= 0.6 is 0 Å². The van der Waals surface area contributed by atoms with Gasteiger partial charge >= 0.3 is 0 Å². The zero-order valence-corrected chi connectivity index (χ0v) is 14.0. The average Bonchev–Trinajstić information content (AvgIpc) is 2.60. The number of carbonyl (C=O) groups is 1. The molecule has 2 rings (SSSR count). The van der Waals surface area contributed by atoms with Crippen molar-refractivity contribution in [2.24, 2.45) is 0 Å². The van der Waals surface area contributed by atoms with Crippen molar-refractivity contribution >= 4 is 5.91 Å². The van der Waals surface area contributed by atoms with Crippen LogP contribution in [0.25, 0.3) is 0 Å². The van der Waals surface area contributed by atoms with Crippen molar-refractivity contribution in [3.8, 4) is 5.75 Å². The lowest BCUT2D eigenvalue weighted by atomic mass is 10.1. The first-order valence-corrected chi connectivity index (χ1v) is 7.80. The maximum atomic E-state index is 11.5. The lowest BCUT2D eigenvalue weighted by Crippen LogP contribution is -2.30. The van der Waals surface area contributed by atoms with E-state index in [1.807, 2.05) is 54.6 Å². The van der Waals surface area contributed by atoms with Crippen LogP contribution in [0.4, 0.5) is 0 Å². The second kappa shape index (κ2) is 9.70. The molecule has 0 radical (unpaired) electrons. The van der Waals surface area contributed by atoms with Gasteiger partial charge in [-0.25, -0.2) is 0 Å². The summed E-state index contributed by atoms with van der Waals surface area (Å²) in [6.45, 7) is 2.42. The van der Waals surface area contributed by atoms with Crippen molar-refractivity contribution in [2.75, 3.05) is 20.5 Å². The summed E-state index contributed by atoms with van der Waals surface area (Å²) in [7, 11) is 1.56. The number of methoxy groups -OCH3 is 1. The number of carbonyl (C=O) groups excluding carboxylic acids is 1. The predicted molar refractivity (Wildman–Crippen MR) is 91.6 cm³/mol. The fraction of sp³-hybridized carbons (Fsp3) is 0.316. The normalized spacial score (nSPS) is 11.8. The zero-order valence-electron chi connectivity index (χ0n) is 14.0. The van der Waals surface area contributed by atoms with Crippen LogP contribution < -0.4 is 10.1 Å². The Morgan fingerprint density at radius 2 is 1.79 bits per heavy atom. The van der Waals surface area contributed by atoms with Crippen LogP contribution in [0.2, 0.25) is 0 Å². The number of rotatable bonds is 9. The largest absolute Gasteiger partial charge is 0.489 e. The lowest BCUT2D eigenvalue weighted by Gasteiger charge is -2.21. The molecule has 128 valence electrons. The Bertz CT molecular complexity index is 630. The van der Waals surface area contributed by atoms with Gasteiger partial charge in [0.2, 0.25) is 5.91 Å². The molecule has 1 atom stereocenters. The van der Waals surface area contributed by atoms with E-state index in [4.69, 9.17) is 14.2 Å². The highest BCUT2D eigenvalue weighted by Crippen LogP contribution is 2.26. The second-order valence-electron chi connectivity index (χ2n) is 5.34. The van der Waals surface area contributed by atoms with E-state index in [1.165, 1.54) is 6.92 Å². The first-order chi connectivity index (χ1) is 11.7. The van der Waals surface area contributed by atoms with Gasteiger partial charge in [0.25, 0.3) is 0 Å². The van der Waals surface area contributed by atoms with Crippen molar-refractivity contribution in [3.05, 3.63) is 65.7 Å². The summed E-state index contributed by atoms with van der Waals surface area (Å²) < 4.78 is 16.3. The van der Waals surface area contributed by atoms with E-state index < -0.39 is 0 Å². The van der Waals surface area contributed by atoms with Crippen LogP contribution in [-0.4, -0.2) is 26.4 Å². The molecule has 1 N–H and O–H groups in total. The molecule has 0 aliphatic carbocycles. The summed E-state index contributed by atoms with van der Waals surface area (Å²) in [4.78, 5) is 11.5. The number of nitrogens with one attached hydrogen (secondary N) is 1. The van der Waals surface area contributed by atoms with Gasteiger partial charge in [0.15, 0.2) is 0 Å². The molecule has 5 nitrogen and oxygen atoms in total. The fourth-order valence-corrected chi connectivity index (χ4v) is 2.34. The van der Waals surface area contributed by atoms with Crippen molar-refractivity contribution < 1.29 is 19.0 Å². The van der Waals surface area contributed by atoms with Gasteiger partial charge in [-0.15, -0.1) is 0 Å². The average molecular weight is 329 g/mol. The van der Waals surface area contributed by atoms with Gasteiger partial charge in [0, 0.05) is 19.6 Å². The van der Waals surface area contributed by atoms with Gasteiger partial charge in [-0.05, 0) is 11.6 Å². The highest BCUT2D eigenvalue weighted by Gasteiger charge is 2.17. The molecule has 1 amide bonds. The van der Waals surface area contributed by atoms with Crippen molar-refractivity contribution in [2.45, 2.75) is 19.6 Å². The summed E-state index contributed by atoms with van der Waals surface area (Å²) in [5.41, 5.74) is 1.96. The van der Waals surface area contributed by atoms with Gasteiger partial charge < -0.3 is 19.5 Å². The van der Waals surface area contributed by atoms with Crippen molar-refractivity contribution in [3.63, 3.8) is 0 Å². The number of para-hydroxylation sites is 1. The summed E-state index contributed by atoms with van der Waals surface area (Å²) in [6, 6.07) is 17.3. The minimum Gasteiger partial charge on any atom is -0.489 e. The van der Waals surface area contributed by atoms with Gasteiger partial charge in [-0.3, -0.25) is 4.79 Å². The quantitative estimate of drug-likeness (QED) is 0.567. The summed E-state index contributed by atoms with van der Waals surface area (Å²) >= 11 is 0. The van der Waals surface area contributed by atoms with Crippen LogP contribution in [0.15, 0.2) is 54.6 Å². The molecule has 24 heavy (non-hydrogen) atoms. The SMILES string of the molecule is COCOC[C@@H](NC(C)=O)c1ccccc1OCc1ccccc1. The van der Waals surface area contributed by atoms with Gasteiger partial charge in [0.1, 0.15) is 19.1 Å². The minimum absolute atomic E-state index is 0.126. The third-order valence-corrected chi connectivity index (χ3v) is 3.39. The number of hydrogen-bond acceptors (Lipinski definition) is 4. The number of ether oxygens (including phenoxy) is 3. The Morgan fingerprint density at radius 1 is 1.08 bits per heavy atom. The van der Waals surface area contributed by atoms with E-state index in [-0.39, 0.29) is 18.7 Å². The van der Waals surface area contributed by atoms with E-state index in [0.29, 0.717) is 13.2 Å². The van der Waals surface area contributed by atoms with Gasteiger partial charge in [-0.2, -0.15) is 0 Å². The molecule has 0 aromatic heterocycles. The first-order valence-electron chi connectivity index (χ1n) is 7.80. The van der Waals surface area contributed by atoms with Gasteiger partial charge in [0.05, 0.1) is 12.6 Å². The number of benzene rings is 2. The number of amides is 1. The molecule has 0 fully saturated rings. The standard InChI is InChI=1S/C19H23NO4/c1-15(21)20-18(13-23-14-22-2)17-10-6-7-11-19(17)24-12-16-8-4-3-5-9-16/h3-11,18H,12-14H2,1-2H3,(H,20,21)/t18-/m1/s1. The smallest absolute Gasteiger partial charge is 0.217 e. The Balaban J connectivity index is 2.12. The van der Waals surface area contributed by atoms with Crippen molar-refractivity contribution in [1.29, 1.82) is 0 Å². The lowest BCUT2D eigenvalue weighted by molar-refractivity contribution is -0.120. The molecule has 0 heterocycles. The molecule has 2 aromatic rings. The van der Waals surface area contributed by atoms with E-state index >= 15 is 0 Å². The predicted octanol–water partition coefficient (Wildman–Crippen LogP) is 3.06. The molecular weight excluding hydrogens is 306 g/mol. The molecule has 0 unspecified atom stereocenters. The minimum atomic E-state index is -0.301. The molecule has 2 aromatic carbocycles. The Morgan fingerprint density at radius 3 is 2.50 bits per heavy atom. The fourth-order valence-electron chi connectivity index (χ4n) is 2.34. The first kappa shape index (κ1) is 18.0. The molecule has 0 spiro atoms. The Kier molecular flexibility index (Phi) is 7.26. The molecule has 0 bridgehead atoms. The highest BCUT2D eigenvalue weighted by atomic mass is 16.7. The molecule has 0 aliphatic rings.